The van der Waals surface area contributed by atoms with Crippen molar-refractivity contribution in [2.45, 2.75) is 26.4 Å². The molecule has 4 aromatic rings. The molecule has 1 atom stereocenters. The van der Waals surface area contributed by atoms with Crippen LogP contribution in [0.1, 0.15) is 34.5 Å². The van der Waals surface area contributed by atoms with Crippen molar-refractivity contribution >= 4 is 23.2 Å². The molecule has 2 amide bonds. The Morgan fingerprint density at radius 3 is 2.41 bits per heavy atom. The number of carbonyl (C=O) groups is 2. The second kappa shape index (κ2) is 9.95. The minimum absolute atomic E-state index is 0.0502. The van der Waals surface area contributed by atoms with E-state index in [-0.39, 0.29) is 17.0 Å². The number of pyridine rings is 1. The zero-order valence-electron chi connectivity index (χ0n) is 18.8. The molecule has 0 aliphatic heterocycles. The molecule has 34 heavy (non-hydrogen) atoms. The summed E-state index contributed by atoms with van der Waals surface area (Å²) < 4.78 is 2.97. The van der Waals surface area contributed by atoms with Gasteiger partial charge in [-0.2, -0.15) is 5.10 Å². The summed E-state index contributed by atoms with van der Waals surface area (Å²) in [5.74, 6) is -0.749. The van der Waals surface area contributed by atoms with Crippen LogP contribution in [-0.4, -0.2) is 31.1 Å². The Hall–Kier alpha value is -4.53. The van der Waals surface area contributed by atoms with Crippen LogP contribution in [0.3, 0.4) is 0 Å². The van der Waals surface area contributed by atoms with E-state index in [1.807, 2.05) is 31.2 Å². The predicted octanol–water partition coefficient (Wildman–Crippen LogP) is 3.25. The normalized spacial score (nSPS) is 11.6. The molecular formula is C25H24N6O3. The number of nitrogens with one attached hydrogen (secondary N) is 2. The van der Waals surface area contributed by atoms with E-state index in [0.29, 0.717) is 17.9 Å². The monoisotopic (exact) mass is 456 g/mol. The molecule has 0 bridgehead atoms. The lowest BCUT2D eigenvalue weighted by atomic mass is 10.1. The lowest BCUT2D eigenvalue weighted by molar-refractivity contribution is -0.119. The number of rotatable bonds is 7. The molecule has 2 aromatic carbocycles. The highest BCUT2D eigenvalue weighted by molar-refractivity contribution is 6.04. The van der Waals surface area contributed by atoms with Crippen LogP contribution in [0.4, 0.5) is 11.4 Å². The summed E-state index contributed by atoms with van der Waals surface area (Å²) in [6.45, 7) is 4.08. The highest BCUT2D eigenvalue weighted by Crippen LogP contribution is 2.16. The molecule has 0 spiro atoms. The summed E-state index contributed by atoms with van der Waals surface area (Å²) in [6.07, 6.45) is 4.51. The van der Waals surface area contributed by atoms with Gasteiger partial charge < -0.3 is 15.2 Å². The Kier molecular flexibility index (Phi) is 6.63. The molecule has 2 heterocycles. The average molecular weight is 457 g/mol. The maximum atomic E-state index is 12.9. The van der Waals surface area contributed by atoms with Gasteiger partial charge in [0.2, 0.25) is 5.91 Å². The van der Waals surface area contributed by atoms with Gasteiger partial charge in [-0.1, -0.05) is 29.8 Å². The van der Waals surface area contributed by atoms with Gasteiger partial charge >= 0.3 is 0 Å². The molecule has 9 heteroatoms. The summed E-state index contributed by atoms with van der Waals surface area (Å²) >= 11 is 0. The number of carbonyl (C=O) groups excluding carboxylic acids is 2. The number of benzene rings is 2. The molecule has 0 saturated heterocycles. The number of amides is 2. The quantitative estimate of drug-likeness (QED) is 0.444. The molecule has 1 unspecified atom stereocenters. The van der Waals surface area contributed by atoms with Crippen LogP contribution in [0.15, 0.2) is 84.3 Å². The molecule has 0 saturated carbocycles. The molecule has 4 rings (SSSR count). The third kappa shape index (κ3) is 5.26. The molecule has 0 aliphatic rings. The second-order valence-corrected chi connectivity index (χ2v) is 7.92. The largest absolute Gasteiger partial charge is 0.324 e. The Morgan fingerprint density at radius 1 is 1.00 bits per heavy atom. The van der Waals surface area contributed by atoms with Crippen molar-refractivity contribution in [3.05, 3.63) is 107 Å². The molecule has 2 N–H and O–H groups in total. The van der Waals surface area contributed by atoms with Gasteiger partial charge in [0.15, 0.2) is 0 Å². The van der Waals surface area contributed by atoms with Gasteiger partial charge in [-0.15, -0.1) is 0 Å². The topological polar surface area (TPSA) is 111 Å². The standard InChI is InChI=1S/C25H24N6O3/c1-17-5-3-6-19(13-17)14-30-12-4-7-22(25(30)34)24(33)29-21-10-8-20(9-11-21)28-23(32)18(2)31-16-26-15-27-31/h3-13,15-16,18H,14H2,1-2H3,(H,28,32)(H,29,33). The van der Waals surface area contributed by atoms with Crippen molar-refractivity contribution in [1.82, 2.24) is 19.3 Å². The first kappa shape index (κ1) is 22.7. The number of hydrogen-bond acceptors (Lipinski definition) is 5. The SMILES string of the molecule is Cc1cccc(Cn2cccc(C(=O)Nc3ccc(NC(=O)C(C)n4cncn4)cc3)c2=O)c1. The predicted molar refractivity (Wildman–Crippen MR) is 129 cm³/mol. The molecule has 9 nitrogen and oxygen atoms in total. The Balaban J connectivity index is 1.42. The molecule has 0 aliphatic carbocycles. The Morgan fingerprint density at radius 2 is 1.74 bits per heavy atom. The number of aromatic nitrogens is 4. The minimum Gasteiger partial charge on any atom is -0.324 e. The summed E-state index contributed by atoms with van der Waals surface area (Å²) in [7, 11) is 0. The van der Waals surface area contributed by atoms with Crippen LogP contribution >= 0.6 is 0 Å². The summed E-state index contributed by atoms with van der Waals surface area (Å²) in [4.78, 5) is 41.8. The zero-order chi connectivity index (χ0) is 24.1. The Bertz CT molecular complexity index is 1360. The van der Waals surface area contributed by atoms with E-state index in [9.17, 15) is 14.4 Å². The number of aryl methyl sites for hydroxylation is 1. The average Bonchev–Trinajstić information content (AvgIpc) is 3.36. The van der Waals surface area contributed by atoms with Crippen molar-refractivity contribution in [2.75, 3.05) is 10.6 Å². The van der Waals surface area contributed by atoms with Gasteiger partial charge in [0.05, 0.1) is 6.54 Å². The van der Waals surface area contributed by atoms with Crippen LogP contribution in [0.2, 0.25) is 0 Å². The van der Waals surface area contributed by atoms with Gasteiger partial charge in [-0.25, -0.2) is 9.67 Å². The lowest BCUT2D eigenvalue weighted by Crippen LogP contribution is -2.29. The van der Waals surface area contributed by atoms with E-state index >= 15 is 0 Å². The number of nitrogens with zero attached hydrogens (tertiary/aromatic N) is 4. The summed E-state index contributed by atoms with van der Waals surface area (Å²) in [5, 5.41) is 9.49. The van der Waals surface area contributed by atoms with Crippen molar-refractivity contribution in [3.63, 3.8) is 0 Å². The van der Waals surface area contributed by atoms with Crippen molar-refractivity contribution in [1.29, 1.82) is 0 Å². The van der Waals surface area contributed by atoms with Crippen LogP contribution in [0.25, 0.3) is 0 Å². The smallest absolute Gasteiger partial charge is 0.263 e. The first-order valence-electron chi connectivity index (χ1n) is 10.7. The van der Waals surface area contributed by atoms with Crippen molar-refractivity contribution < 1.29 is 9.59 Å². The van der Waals surface area contributed by atoms with Crippen LogP contribution in [0.5, 0.6) is 0 Å². The molecule has 2 aromatic heterocycles. The highest BCUT2D eigenvalue weighted by Gasteiger charge is 2.16. The number of hydrogen-bond donors (Lipinski definition) is 2. The molecular weight excluding hydrogens is 432 g/mol. The van der Waals surface area contributed by atoms with Gasteiger partial charge in [0.25, 0.3) is 11.5 Å². The van der Waals surface area contributed by atoms with Gasteiger partial charge in [0, 0.05) is 17.6 Å². The summed E-state index contributed by atoms with van der Waals surface area (Å²) in [6, 6.07) is 17.2. The van der Waals surface area contributed by atoms with Gasteiger partial charge in [-0.3, -0.25) is 14.4 Å². The highest BCUT2D eigenvalue weighted by atomic mass is 16.2. The third-order valence-corrected chi connectivity index (χ3v) is 5.32. The maximum absolute atomic E-state index is 12.9. The van der Waals surface area contributed by atoms with E-state index in [1.54, 1.807) is 43.5 Å². The van der Waals surface area contributed by atoms with Crippen molar-refractivity contribution in [2.24, 2.45) is 0 Å². The van der Waals surface area contributed by atoms with Crippen LogP contribution < -0.4 is 16.2 Å². The van der Waals surface area contributed by atoms with E-state index in [4.69, 9.17) is 0 Å². The number of anilines is 2. The van der Waals surface area contributed by atoms with Crippen LogP contribution in [0, 0.1) is 6.92 Å². The van der Waals surface area contributed by atoms with Crippen LogP contribution in [-0.2, 0) is 11.3 Å². The lowest BCUT2D eigenvalue weighted by Gasteiger charge is -2.13. The fraction of sp³-hybridized carbons (Fsp3) is 0.160. The van der Waals surface area contributed by atoms with E-state index in [2.05, 4.69) is 20.7 Å². The van der Waals surface area contributed by atoms with Crippen molar-refractivity contribution in [3.8, 4) is 0 Å². The fourth-order valence-electron chi connectivity index (χ4n) is 3.46. The second-order valence-electron chi connectivity index (χ2n) is 7.92. The van der Waals surface area contributed by atoms with E-state index in [0.717, 1.165) is 11.1 Å². The third-order valence-electron chi connectivity index (χ3n) is 5.32. The van der Waals surface area contributed by atoms with E-state index in [1.165, 1.54) is 28.0 Å². The van der Waals surface area contributed by atoms with E-state index < -0.39 is 11.9 Å². The minimum atomic E-state index is -0.526. The molecule has 0 fully saturated rings. The zero-order valence-corrected chi connectivity index (χ0v) is 18.8. The Labute approximate surface area is 196 Å². The molecule has 172 valence electrons. The fourth-order valence-corrected chi connectivity index (χ4v) is 3.46. The summed E-state index contributed by atoms with van der Waals surface area (Å²) in [5.41, 5.74) is 2.83. The first-order chi connectivity index (χ1) is 16.4. The molecule has 0 radical (unpaired) electrons. The first-order valence-corrected chi connectivity index (χ1v) is 10.7. The van der Waals surface area contributed by atoms with Gasteiger partial charge in [0.1, 0.15) is 24.3 Å². The maximum Gasteiger partial charge on any atom is 0.263 e. The van der Waals surface area contributed by atoms with Gasteiger partial charge in [-0.05, 0) is 55.8 Å².